The molecule has 1 N–H and O–H groups in total. The number of halogens is 1. The van der Waals surface area contributed by atoms with E-state index in [4.69, 9.17) is 0 Å². The number of aromatic nitrogens is 4. The first-order valence-corrected chi connectivity index (χ1v) is 5.72. The predicted octanol–water partition coefficient (Wildman–Crippen LogP) is 2.57. The molecular formula is C11H9BrN4. The van der Waals surface area contributed by atoms with E-state index in [0.717, 1.165) is 21.3 Å². The van der Waals surface area contributed by atoms with Crippen molar-refractivity contribution in [3.8, 4) is 0 Å². The molecule has 80 valence electrons. The van der Waals surface area contributed by atoms with Crippen molar-refractivity contribution in [2.24, 2.45) is 0 Å². The van der Waals surface area contributed by atoms with Gasteiger partial charge in [-0.3, -0.25) is 4.68 Å². The van der Waals surface area contributed by atoms with Crippen LogP contribution in [0.1, 0.15) is 5.82 Å². The van der Waals surface area contributed by atoms with E-state index in [9.17, 15) is 0 Å². The van der Waals surface area contributed by atoms with Crippen LogP contribution in [0.5, 0.6) is 0 Å². The second kappa shape index (κ2) is 3.75. The average Bonchev–Trinajstić information content (AvgIpc) is 2.86. The van der Waals surface area contributed by atoms with E-state index >= 15 is 0 Å². The molecule has 0 amide bonds. The zero-order valence-corrected chi connectivity index (χ0v) is 9.98. The molecular weight excluding hydrogens is 268 g/mol. The Morgan fingerprint density at radius 3 is 3.12 bits per heavy atom. The maximum absolute atomic E-state index is 4.49. The first-order chi connectivity index (χ1) is 7.81. The Hall–Kier alpha value is -1.62. The van der Waals surface area contributed by atoms with Gasteiger partial charge in [0.1, 0.15) is 5.82 Å². The SMILES string of the molecule is Brc1ccc2nc(Cn3cccn3)[nH]c2c1. The standard InChI is InChI=1S/C11H9BrN4/c12-8-2-3-9-10(6-8)15-11(14-9)7-16-5-1-4-13-16/h1-6H,7H2,(H,14,15). The monoisotopic (exact) mass is 276 g/mol. The van der Waals surface area contributed by atoms with E-state index in [1.54, 1.807) is 6.20 Å². The van der Waals surface area contributed by atoms with Crippen molar-refractivity contribution in [1.29, 1.82) is 0 Å². The van der Waals surface area contributed by atoms with Gasteiger partial charge < -0.3 is 4.98 Å². The molecule has 0 saturated carbocycles. The summed E-state index contributed by atoms with van der Waals surface area (Å²) >= 11 is 3.44. The van der Waals surface area contributed by atoms with Crippen LogP contribution in [0.4, 0.5) is 0 Å². The fraction of sp³-hybridized carbons (Fsp3) is 0.0909. The summed E-state index contributed by atoms with van der Waals surface area (Å²) in [4.78, 5) is 7.76. The van der Waals surface area contributed by atoms with Crippen molar-refractivity contribution in [2.45, 2.75) is 6.54 Å². The fourth-order valence-electron chi connectivity index (χ4n) is 1.66. The van der Waals surface area contributed by atoms with Crippen LogP contribution in [-0.4, -0.2) is 19.7 Å². The van der Waals surface area contributed by atoms with Gasteiger partial charge in [0, 0.05) is 16.9 Å². The van der Waals surface area contributed by atoms with E-state index in [2.05, 4.69) is 31.0 Å². The Morgan fingerprint density at radius 2 is 2.31 bits per heavy atom. The molecule has 3 aromatic rings. The van der Waals surface area contributed by atoms with E-state index in [-0.39, 0.29) is 0 Å². The zero-order valence-electron chi connectivity index (χ0n) is 8.39. The molecule has 0 atom stereocenters. The third kappa shape index (κ3) is 1.74. The van der Waals surface area contributed by atoms with Crippen molar-refractivity contribution in [1.82, 2.24) is 19.7 Å². The molecule has 16 heavy (non-hydrogen) atoms. The number of benzene rings is 1. The summed E-state index contributed by atoms with van der Waals surface area (Å²) in [6.07, 6.45) is 3.68. The van der Waals surface area contributed by atoms with Crippen molar-refractivity contribution in [2.75, 3.05) is 0 Å². The number of rotatable bonds is 2. The highest BCUT2D eigenvalue weighted by Crippen LogP contribution is 2.17. The van der Waals surface area contributed by atoms with Crippen LogP contribution in [0.15, 0.2) is 41.1 Å². The normalized spacial score (nSPS) is 11.1. The van der Waals surface area contributed by atoms with Gasteiger partial charge in [-0.2, -0.15) is 5.10 Å². The number of nitrogens with zero attached hydrogens (tertiary/aromatic N) is 3. The molecule has 2 aromatic heterocycles. The average molecular weight is 277 g/mol. The Labute approximate surface area is 100 Å². The summed E-state index contributed by atoms with van der Waals surface area (Å²) in [6.45, 7) is 0.666. The van der Waals surface area contributed by atoms with Gasteiger partial charge in [0.15, 0.2) is 0 Å². The lowest BCUT2D eigenvalue weighted by atomic mass is 10.3. The quantitative estimate of drug-likeness (QED) is 0.782. The molecule has 0 radical (unpaired) electrons. The van der Waals surface area contributed by atoms with Crippen molar-refractivity contribution in [3.05, 3.63) is 47.0 Å². The molecule has 5 heteroatoms. The molecule has 0 unspecified atom stereocenters. The second-order valence-electron chi connectivity index (χ2n) is 3.55. The van der Waals surface area contributed by atoms with Gasteiger partial charge in [0.25, 0.3) is 0 Å². The Bertz CT molecular complexity index is 612. The third-order valence-electron chi connectivity index (χ3n) is 2.36. The topological polar surface area (TPSA) is 46.5 Å². The minimum absolute atomic E-state index is 0.666. The molecule has 0 spiro atoms. The summed E-state index contributed by atoms with van der Waals surface area (Å²) in [5.41, 5.74) is 2.02. The smallest absolute Gasteiger partial charge is 0.129 e. The zero-order chi connectivity index (χ0) is 11.0. The van der Waals surface area contributed by atoms with Crippen LogP contribution >= 0.6 is 15.9 Å². The van der Waals surface area contributed by atoms with E-state index < -0.39 is 0 Å². The van der Waals surface area contributed by atoms with Crippen LogP contribution in [0, 0.1) is 0 Å². The largest absolute Gasteiger partial charge is 0.340 e. The fourth-order valence-corrected chi connectivity index (χ4v) is 2.02. The second-order valence-corrected chi connectivity index (χ2v) is 4.46. The van der Waals surface area contributed by atoms with E-state index in [1.807, 2.05) is 35.1 Å². The van der Waals surface area contributed by atoms with Crippen LogP contribution in [0.25, 0.3) is 11.0 Å². The number of imidazole rings is 1. The summed E-state index contributed by atoms with van der Waals surface area (Å²) in [5, 5.41) is 4.15. The minimum atomic E-state index is 0.666. The lowest BCUT2D eigenvalue weighted by Gasteiger charge is -1.95. The van der Waals surface area contributed by atoms with Crippen molar-refractivity contribution in [3.63, 3.8) is 0 Å². The van der Waals surface area contributed by atoms with Gasteiger partial charge in [-0.25, -0.2) is 4.98 Å². The third-order valence-corrected chi connectivity index (χ3v) is 2.86. The van der Waals surface area contributed by atoms with Gasteiger partial charge in [0.2, 0.25) is 0 Å². The summed E-state index contributed by atoms with van der Waals surface area (Å²) in [7, 11) is 0. The summed E-state index contributed by atoms with van der Waals surface area (Å²) < 4.78 is 2.89. The number of hydrogen-bond acceptors (Lipinski definition) is 2. The Kier molecular flexibility index (Phi) is 2.25. The molecule has 0 bridgehead atoms. The van der Waals surface area contributed by atoms with Gasteiger partial charge in [-0.05, 0) is 24.3 Å². The first-order valence-electron chi connectivity index (χ1n) is 4.93. The van der Waals surface area contributed by atoms with Crippen LogP contribution in [0.2, 0.25) is 0 Å². The molecule has 0 aliphatic rings. The van der Waals surface area contributed by atoms with Crippen molar-refractivity contribution < 1.29 is 0 Å². The van der Waals surface area contributed by atoms with E-state index in [1.165, 1.54) is 0 Å². The molecule has 0 saturated heterocycles. The number of aromatic amines is 1. The molecule has 1 aromatic carbocycles. The number of hydrogen-bond donors (Lipinski definition) is 1. The molecule has 3 rings (SSSR count). The van der Waals surface area contributed by atoms with Gasteiger partial charge in [0.05, 0.1) is 17.6 Å². The maximum Gasteiger partial charge on any atom is 0.129 e. The van der Waals surface area contributed by atoms with Crippen LogP contribution in [0.3, 0.4) is 0 Å². The number of nitrogens with one attached hydrogen (secondary N) is 1. The Morgan fingerprint density at radius 1 is 1.38 bits per heavy atom. The van der Waals surface area contributed by atoms with Crippen molar-refractivity contribution >= 4 is 27.0 Å². The van der Waals surface area contributed by atoms with Crippen LogP contribution in [-0.2, 0) is 6.54 Å². The van der Waals surface area contributed by atoms with E-state index in [0.29, 0.717) is 6.54 Å². The highest BCUT2D eigenvalue weighted by molar-refractivity contribution is 9.10. The molecule has 2 heterocycles. The lowest BCUT2D eigenvalue weighted by Crippen LogP contribution is -2.01. The first kappa shape index (κ1) is 9.59. The summed E-state index contributed by atoms with van der Waals surface area (Å²) in [5.74, 6) is 0.914. The lowest BCUT2D eigenvalue weighted by molar-refractivity contribution is 0.663. The van der Waals surface area contributed by atoms with Gasteiger partial charge in [-0.1, -0.05) is 15.9 Å². The number of H-pyrrole nitrogens is 1. The molecule has 0 aliphatic heterocycles. The molecule has 0 aliphatic carbocycles. The van der Waals surface area contributed by atoms with Gasteiger partial charge >= 0.3 is 0 Å². The van der Waals surface area contributed by atoms with Crippen LogP contribution < -0.4 is 0 Å². The predicted molar refractivity (Wildman–Crippen MR) is 65.1 cm³/mol. The number of fused-ring (bicyclic) bond motifs is 1. The minimum Gasteiger partial charge on any atom is -0.340 e. The summed E-state index contributed by atoms with van der Waals surface area (Å²) in [6, 6.07) is 7.90. The highest BCUT2D eigenvalue weighted by Gasteiger charge is 2.03. The highest BCUT2D eigenvalue weighted by atomic mass is 79.9. The molecule has 0 fully saturated rings. The maximum atomic E-state index is 4.49. The molecule has 4 nitrogen and oxygen atoms in total. The van der Waals surface area contributed by atoms with Gasteiger partial charge in [-0.15, -0.1) is 0 Å². The Balaban J connectivity index is 1.99.